The minimum atomic E-state index is -5.08. The molecule has 0 aromatic heterocycles. The van der Waals surface area contributed by atoms with E-state index in [-0.39, 0.29) is 6.10 Å². The van der Waals surface area contributed by atoms with Crippen LogP contribution in [-0.4, -0.2) is 29.9 Å². The standard InChI is InChI=1S/C21H29NO.C2HF3O2/c1-16(2)14-21(20-13-9-8-10-17(20)3)22-15-18(4)23-19-11-6-5-7-12-19;3-2(4,5)1(6)7/h5-13,16,18,21-22H,14-15H2,1-4H3;(H,6,7). The molecule has 0 spiro atoms. The lowest BCUT2D eigenvalue weighted by Gasteiger charge is -2.25. The Bertz CT molecular complexity index is 764. The number of alkyl halides is 3. The van der Waals surface area contributed by atoms with Crippen molar-refractivity contribution >= 4 is 5.97 Å². The second kappa shape index (κ2) is 12.2. The first-order valence-electron chi connectivity index (χ1n) is 9.81. The van der Waals surface area contributed by atoms with Gasteiger partial charge >= 0.3 is 12.1 Å². The van der Waals surface area contributed by atoms with E-state index in [4.69, 9.17) is 14.6 Å². The highest BCUT2D eigenvalue weighted by Crippen LogP contribution is 2.24. The molecule has 0 aliphatic carbocycles. The normalized spacial score (nSPS) is 13.2. The maximum Gasteiger partial charge on any atom is 0.490 e. The van der Waals surface area contributed by atoms with Crippen LogP contribution in [0.3, 0.4) is 0 Å². The molecule has 166 valence electrons. The molecule has 2 N–H and O–H groups in total. The molecule has 4 nitrogen and oxygen atoms in total. The van der Waals surface area contributed by atoms with Crippen LogP contribution in [0.25, 0.3) is 0 Å². The number of carbonyl (C=O) groups is 1. The number of carboxylic acid groups (broad SMARTS) is 1. The van der Waals surface area contributed by atoms with Crippen LogP contribution in [0.1, 0.15) is 44.4 Å². The van der Waals surface area contributed by atoms with E-state index in [0.717, 1.165) is 18.7 Å². The Morgan fingerprint density at radius 3 is 2.07 bits per heavy atom. The third kappa shape index (κ3) is 9.78. The summed E-state index contributed by atoms with van der Waals surface area (Å²) in [5.74, 6) is -1.18. The van der Waals surface area contributed by atoms with Crippen LogP contribution in [0.2, 0.25) is 0 Å². The maximum atomic E-state index is 10.6. The first-order valence-corrected chi connectivity index (χ1v) is 9.81. The molecule has 0 fully saturated rings. The summed E-state index contributed by atoms with van der Waals surface area (Å²) in [7, 11) is 0. The molecule has 30 heavy (non-hydrogen) atoms. The first-order chi connectivity index (χ1) is 14.0. The Kier molecular flexibility index (Phi) is 10.4. The summed E-state index contributed by atoms with van der Waals surface area (Å²) in [4.78, 5) is 8.90. The van der Waals surface area contributed by atoms with Crippen molar-refractivity contribution in [2.45, 2.75) is 52.4 Å². The van der Waals surface area contributed by atoms with Gasteiger partial charge in [0.15, 0.2) is 0 Å². The van der Waals surface area contributed by atoms with Gasteiger partial charge in [0.05, 0.1) is 0 Å². The van der Waals surface area contributed by atoms with Crippen molar-refractivity contribution in [1.82, 2.24) is 5.32 Å². The van der Waals surface area contributed by atoms with Crippen LogP contribution >= 0.6 is 0 Å². The molecule has 0 bridgehead atoms. The molecule has 2 aromatic carbocycles. The molecule has 2 atom stereocenters. The van der Waals surface area contributed by atoms with Gasteiger partial charge in [0, 0.05) is 12.6 Å². The molecule has 2 rings (SSSR count). The van der Waals surface area contributed by atoms with Crippen molar-refractivity contribution in [2.75, 3.05) is 6.54 Å². The van der Waals surface area contributed by atoms with Crippen LogP contribution in [0.4, 0.5) is 13.2 Å². The average Bonchev–Trinajstić information content (AvgIpc) is 2.66. The number of rotatable bonds is 8. The van der Waals surface area contributed by atoms with Gasteiger partial charge < -0.3 is 15.2 Å². The van der Waals surface area contributed by atoms with Crippen molar-refractivity contribution in [3.05, 3.63) is 65.7 Å². The molecule has 0 aliphatic heterocycles. The molecule has 2 unspecified atom stereocenters. The molecule has 0 amide bonds. The van der Waals surface area contributed by atoms with E-state index in [1.807, 2.05) is 30.3 Å². The number of halogens is 3. The Morgan fingerprint density at radius 1 is 1.03 bits per heavy atom. The number of para-hydroxylation sites is 1. The lowest BCUT2D eigenvalue weighted by atomic mass is 9.94. The number of aliphatic carboxylic acids is 1. The summed E-state index contributed by atoms with van der Waals surface area (Å²) in [5.41, 5.74) is 2.75. The highest BCUT2D eigenvalue weighted by molar-refractivity contribution is 5.73. The van der Waals surface area contributed by atoms with Gasteiger partial charge in [-0.15, -0.1) is 0 Å². The third-order valence-electron chi connectivity index (χ3n) is 4.25. The highest BCUT2D eigenvalue weighted by atomic mass is 19.4. The molecule has 0 saturated carbocycles. The number of benzene rings is 2. The van der Waals surface area contributed by atoms with Crippen LogP contribution in [0.15, 0.2) is 54.6 Å². The number of carboxylic acids is 1. The van der Waals surface area contributed by atoms with E-state index in [1.165, 1.54) is 11.1 Å². The maximum absolute atomic E-state index is 10.6. The molecule has 0 radical (unpaired) electrons. The fourth-order valence-electron chi connectivity index (χ4n) is 2.85. The SMILES string of the molecule is Cc1ccccc1C(CC(C)C)NCC(C)Oc1ccccc1.O=C(O)C(F)(F)F. The molecule has 0 saturated heterocycles. The average molecular weight is 425 g/mol. The van der Waals surface area contributed by atoms with Crippen molar-refractivity contribution in [1.29, 1.82) is 0 Å². The van der Waals surface area contributed by atoms with E-state index in [2.05, 4.69) is 57.3 Å². The molecular formula is C23H30F3NO3. The Hall–Kier alpha value is -2.54. The third-order valence-corrected chi connectivity index (χ3v) is 4.25. The summed E-state index contributed by atoms with van der Waals surface area (Å²) >= 11 is 0. The van der Waals surface area contributed by atoms with Gasteiger partial charge in [0.25, 0.3) is 0 Å². The Morgan fingerprint density at radius 2 is 1.57 bits per heavy atom. The lowest BCUT2D eigenvalue weighted by molar-refractivity contribution is -0.192. The van der Waals surface area contributed by atoms with Crippen LogP contribution < -0.4 is 10.1 Å². The first kappa shape index (κ1) is 25.5. The molecule has 7 heteroatoms. The smallest absolute Gasteiger partial charge is 0.489 e. The molecule has 0 aliphatic rings. The van der Waals surface area contributed by atoms with E-state index in [1.54, 1.807) is 0 Å². The lowest BCUT2D eigenvalue weighted by Crippen LogP contribution is -2.33. The largest absolute Gasteiger partial charge is 0.490 e. The monoisotopic (exact) mass is 425 g/mol. The number of ether oxygens (including phenoxy) is 1. The summed E-state index contributed by atoms with van der Waals surface area (Å²) in [6, 6.07) is 19.0. The zero-order valence-electron chi connectivity index (χ0n) is 17.7. The topological polar surface area (TPSA) is 58.6 Å². The quantitative estimate of drug-likeness (QED) is 0.564. The van der Waals surface area contributed by atoms with Gasteiger partial charge in [-0.1, -0.05) is 56.3 Å². The van der Waals surface area contributed by atoms with Gasteiger partial charge in [-0.05, 0) is 49.4 Å². The molecule has 0 heterocycles. The van der Waals surface area contributed by atoms with Gasteiger partial charge in [0.2, 0.25) is 0 Å². The fourth-order valence-corrected chi connectivity index (χ4v) is 2.85. The summed E-state index contributed by atoms with van der Waals surface area (Å²) < 4.78 is 37.7. The molecule has 2 aromatic rings. The molecular weight excluding hydrogens is 395 g/mol. The van der Waals surface area contributed by atoms with Gasteiger partial charge in [-0.3, -0.25) is 0 Å². The number of hydrogen-bond acceptors (Lipinski definition) is 3. The second-order valence-electron chi connectivity index (χ2n) is 7.49. The number of nitrogens with one attached hydrogen (secondary N) is 1. The number of aryl methyl sites for hydroxylation is 1. The van der Waals surface area contributed by atoms with Crippen molar-refractivity contribution in [3.63, 3.8) is 0 Å². The predicted molar refractivity (Wildman–Crippen MR) is 112 cm³/mol. The van der Waals surface area contributed by atoms with Crippen molar-refractivity contribution in [3.8, 4) is 5.75 Å². The van der Waals surface area contributed by atoms with Gasteiger partial charge in [-0.2, -0.15) is 13.2 Å². The van der Waals surface area contributed by atoms with Crippen molar-refractivity contribution in [2.24, 2.45) is 5.92 Å². The van der Waals surface area contributed by atoms with Crippen LogP contribution in [0, 0.1) is 12.8 Å². The van der Waals surface area contributed by atoms with Crippen LogP contribution in [0.5, 0.6) is 5.75 Å². The number of hydrogen-bond donors (Lipinski definition) is 2. The fraction of sp³-hybridized carbons (Fsp3) is 0.435. The zero-order chi connectivity index (χ0) is 22.7. The summed E-state index contributed by atoms with van der Waals surface area (Å²) in [6.07, 6.45) is -3.82. The minimum Gasteiger partial charge on any atom is -0.489 e. The van der Waals surface area contributed by atoms with E-state index in [0.29, 0.717) is 12.0 Å². The Labute approximate surface area is 176 Å². The van der Waals surface area contributed by atoms with E-state index >= 15 is 0 Å². The van der Waals surface area contributed by atoms with Crippen LogP contribution in [-0.2, 0) is 4.79 Å². The zero-order valence-corrected chi connectivity index (χ0v) is 17.7. The highest BCUT2D eigenvalue weighted by Gasteiger charge is 2.38. The van der Waals surface area contributed by atoms with E-state index < -0.39 is 12.1 Å². The minimum absolute atomic E-state index is 0.135. The van der Waals surface area contributed by atoms with Crippen molar-refractivity contribution < 1.29 is 27.8 Å². The van der Waals surface area contributed by atoms with Gasteiger partial charge in [-0.25, -0.2) is 4.79 Å². The second-order valence-corrected chi connectivity index (χ2v) is 7.49. The summed E-state index contributed by atoms with van der Waals surface area (Å²) in [6.45, 7) is 9.69. The van der Waals surface area contributed by atoms with E-state index in [9.17, 15) is 13.2 Å². The Balaban J connectivity index is 0.000000553. The summed E-state index contributed by atoms with van der Waals surface area (Å²) in [5, 5.41) is 10.8. The van der Waals surface area contributed by atoms with Gasteiger partial charge in [0.1, 0.15) is 11.9 Å². The predicted octanol–water partition coefficient (Wildman–Crippen LogP) is 5.77.